The van der Waals surface area contributed by atoms with Crippen molar-refractivity contribution in [2.75, 3.05) is 19.6 Å². The highest BCUT2D eigenvalue weighted by atomic mass is 16.2. The molecule has 0 aromatic rings. The Bertz CT molecular complexity index is 297. The highest BCUT2D eigenvalue weighted by Crippen LogP contribution is 2.23. The van der Waals surface area contributed by atoms with Gasteiger partial charge in [-0.1, -0.05) is 0 Å². The van der Waals surface area contributed by atoms with Gasteiger partial charge in [0.15, 0.2) is 0 Å². The monoisotopic (exact) mass is 224 g/mol. The van der Waals surface area contributed by atoms with E-state index in [1.54, 1.807) is 11.8 Å². The van der Waals surface area contributed by atoms with Crippen molar-refractivity contribution in [1.82, 2.24) is 9.80 Å². The molecule has 90 valence electrons. The Morgan fingerprint density at radius 2 is 1.88 bits per heavy atom. The van der Waals surface area contributed by atoms with Crippen LogP contribution in [0.15, 0.2) is 0 Å². The molecule has 0 radical (unpaired) electrons. The van der Waals surface area contributed by atoms with Crippen LogP contribution in [0.1, 0.15) is 33.1 Å². The van der Waals surface area contributed by atoms with Crippen molar-refractivity contribution >= 4 is 11.8 Å². The van der Waals surface area contributed by atoms with Crippen LogP contribution in [0, 0.1) is 5.92 Å². The minimum atomic E-state index is 0.0597. The van der Waals surface area contributed by atoms with Crippen LogP contribution in [0.25, 0.3) is 0 Å². The summed E-state index contributed by atoms with van der Waals surface area (Å²) in [5.41, 5.74) is 0. The predicted octanol–water partition coefficient (Wildman–Crippen LogP) is 0.866. The number of likely N-dealkylation sites (tertiary alicyclic amines) is 2. The van der Waals surface area contributed by atoms with E-state index in [1.165, 1.54) is 6.42 Å². The lowest BCUT2D eigenvalue weighted by Crippen LogP contribution is -2.57. The first-order valence-electron chi connectivity index (χ1n) is 6.15. The van der Waals surface area contributed by atoms with Crippen molar-refractivity contribution in [2.24, 2.45) is 5.92 Å². The summed E-state index contributed by atoms with van der Waals surface area (Å²) in [6.07, 6.45) is 3.48. The van der Waals surface area contributed by atoms with E-state index in [9.17, 15) is 9.59 Å². The third-order valence-electron chi connectivity index (χ3n) is 3.76. The number of carbonyl (C=O) groups excluding carboxylic acids is 2. The third-order valence-corrected chi connectivity index (χ3v) is 3.76. The van der Waals surface area contributed by atoms with Crippen molar-refractivity contribution in [3.63, 3.8) is 0 Å². The first kappa shape index (κ1) is 11.4. The fourth-order valence-corrected chi connectivity index (χ4v) is 2.55. The van der Waals surface area contributed by atoms with E-state index in [0.717, 1.165) is 19.4 Å². The Balaban J connectivity index is 1.86. The van der Waals surface area contributed by atoms with Gasteiger partial charge in [0.05, 0.1) is 5.92 Å². The highest BCUT2D eigenvalue weighted by molar-refractivity contribution is 5.84. The Hall–Kier alpha value is -1.06. The molecule has 0 aromatic heterocycles. The molecule has 2 fully saturated rings. The molecular weight excluding hydrogens is 204 g/mol. The average Bonchev–Trinajstić information content (AvgIpc) is 2.15. The van der Waals surface area contributed by atoms with E-state index < -0.39 is 0 Å². The SMILES string of the molecule is CC(=O)N1CC(C(=O)N2CCCCC2C)C1. The molecular formula is C12H20N2O2. The zero-order chi connectivity index (χ0) is 11.7. The molecule has 0 aromatic carbocycles. The summed E-state index contributed by atoms with van der Waals surface area (Å²) < 4.78 is 0. The Labute approximate surface area is 96.6 Å². The number of amides is 2. The minimum Gasteiger partial charge on any atom is -0.341 e. The van der Waals surface area contributed by atoms with Gasteiger partial charge in [-0.25, -0.2) is 0 Å². The van der Waals surface area contributed by atoms with E-state index in [0.29, 0.717) is 19.1 Å². The Morgan fingerprint density at radius 1 is 1.19 bits per heavy atom. The van der Waals surface area contributed by atoms with Gasteiger partial charge < -0.3 is 9.80 Å². The smallest absolute Gasteiger partial charge is 0.229 e. The molecule has 2 rings (SSSR count). The van der Waals surface area contributed by atoms with Gasteiger partial charge in [0, 0.05) is 32.6 Å². The van der Waals surface area contributed by atoms with Gasteiger partial charge in [-0.05, 0) is 26.2 Å². The number of hydrogen-bond donors (Lipinski definition) is 0. The van der Waals surface area contributed by atoms with Gasteiger partial charge >= 0.3 is 0 Å². The van der Waals surface area contributed by atoms with Gasteiger partial charge in [-0.2, -0.15) is 0 Å². The van der Waals surface area contributed by atoms with E-state index >= 15 is 0 Å². The Kier molecular flexibility index (Phi) is 3.17. The zero-order valence-corrected chi connectivity index (χ0v) is 10.1. The minimum absolute atomic E-state index is 0.0597. The van der Waals surface area contributed by atoms with E-state index in [1.807, 2.05) is 4.90 Å². The number of hydrogen-bond acceptors (Lipinski definition) is 2. The highest BCUT2D eigenvalue weighted by Gasteiger charge is 2.38. The molecule has 4 heteroatoms. The summed E-state index contributed by atoms with van der Waals surface area (Å²) in [6.45, 7) is 5.83. The molecule has 1 atom stereocenters. The summed E-state index contributed by atoms with van der Waals surface area (Å²) in [4.78, 5) is 26.9. The molecule has 2 aliphatic rings. The normalized spacial score (nSPS) is 26.5. The molecule has 0 aliphatic carbocycles. The molecule has 1 unspecified atom stereocenters. The van der Waals surface area contributed by atoms with Crippen molar-refractivity contribution < 1.29 is 9.59 Å². The average molecular weight is 224 g/mol. The number of rotatable bonds is 1. The summed E-state index contributed by atoms with van der Waals surface area (Å²) >= 11 is 0. The third kappa shape index (κ3) is 2.06. The largest absolute Gasteiger partial charge is 0.341 e. The van der Waals surface area contributed by atoms with Crippen LogP contribution in [-0.2, 0) is 9.59 Å². The second-order valence-electron chi connectivity index (χ2n) is 5.00. The van der Waals surface area contributed by atoms with Crippen molar-refractivity contribution in [2.45, 2.75) is 39.2 Å². The van der Waals surface area contributed by atoms with Crippen molar-refractivity contribution in [1.29, 1.82) is 0 Å². The van der Waals surface area contributed by atoms with Gasteiger partial charge in [0.1, 0.15) is 0 Å². The molecule has 4 nitrogen and oxygen atoms in total. The van der Waals surface area contributed by atoms with E-state index in [-0.39, 0.29) is 17.7 Å². The van der Waals surface area contributed by atoms with Crippen LogP contribution < -0.4 is 0 Å². The fourth-order valence-electron chi connectivity index (χ4n) is 2.55. The molecule has 16 heavy (non-hydrogen) atoms. The molecule has 0 bridgehead atoms. The van der Waals surface area contributed by atoms with Gasteiger partial charge in [0.25, 0.3) is 0 Å². The van der Waals surface area contributed by atoms with Gasteiger partial charge in [-0.3, -0.25) is 9.59 Å². The molecule has 0 saturated carbocycles. The summed E-state index contributed by atoms with van der Waals surface area (Å²) in [7, 11) is 0. The van der Waals surface area contributed by atoms with Crippen LogP contribution in [-0.4, -0.2) is 47.3 Å². The van der Waals surface area contributed by atoms with Crippen LogP contribution in [0.4, 0.5) is 0 Å². The number of piperidine rings is 1. The maximum atomic E-state index is 12.1. The zero-order valence-electron chi connectivity index (χ0n) is 10.1. The molecule has 2 amide bonds. The van der Waals surface area contributed by atoms with Crippen LogP contribution in [0.3, 0.4) is 0 Å². The van der Waals surface area contributed by atoms with Crippen LogP contribution in [0.2, 0.25) is 0 Å². The second-order valence-corrected chi connectivity index (χ2v) is 5.00. The molecule has 0 spiro atoms. The first-order valence-corrected chi connectivity index (χ1v) is 6.15. The second kappa shape index (κ2) is 4.44. The lowest BCUT2D eigenvalue weighted by molar-refractivity contribution is -0.149. The van der Waals surface area contributed by atoms with Crippen molar-refractivity contribution in [3.8, 4) is 0 Å². The lowest BCUT2D eigenvalue weighted by atomic mass is 9.95. The van der Waals surface area contributed by atoms with E-state index in [2.05, 4.69) is 6.92 Å². The fraction of sp³-hybridized carbons (Fsp3) is 0.833. The van der Waals surface area contributed by atoms with Gasteiger partial charge in [-0.15, -0.1) is 0 Å². The quantitative estimate of drug-likeness (QED) is 0.663. The predicted molar refractivity (Wildman–Crippen MR) is 60.8 cm³/mol. The van der Waals surface area contributed by atoms with Crippen LogP contribution >= 0.6 is 0 Å². The number of carbonyl (C=O) groups is 2. The Morgan fingerprint density at radius 3 is 2.44 bits per heavy atom. The van der Waals surface area contributed by atoms with Gasteiger partial charge in [0.2, 0.25) is 11.8 Å². The first-order chi connectivity index (χ1) is 7.59. The maximum absolute atomic E-state index is 12.1. The summed E-state index contributed by atoms with van der Waals surface area (Å²) in [5, 5.41) is 0. The molecule has 2 saturated heterocycles. The topological polar surface area (TPSA) is 40.6 Å². The van der Waals surface area contributed by atoms with E-state index in [4.69, 9.17) is 0 Å². The standard InChI is InChI=1S/C12H20N2O2/c1-9-5-3-4-6-14(9)12(16)11-7-13(8-11)10(2)15/h9,11H,3-8H2,1-2H3. The summed E-state index contributed by atoms with van der Waals surface area (Å²) in [5.74, 6) is 0.393. The van der Waals surface area contributed by atoms with Crippen molar-refractivity contribution in [3.05, 3.63) is 0 Å². The number of nitrogens with zero attached hydrogens (tertiary/aromatic N) is 2. The molecule has 0 N–H and O–H groups in total. The van der Waals surface area contributed by atoms with Crippen LogP contribution in [0.5, 0.6) is 0 Å². The maximum Gasteiger partial charge on any atom is 0.229 e. The summed E-state index contributed by atoms with van der Waals surface area (Å²) in [6, 6.07) is 0.382. The molecule has 2 heterocycles. The lowest BCUT2D eigenvalue weighted by Gasteiger charge is -2.43. The molecule has 2 aliphatic heterocycles.